The number of carbonyl (C=O) groups excluding carboxylic acids is 1. The molecule has 3 aliphatic rings. The summed E-state index contributed by atoms with van der Waals surface area (Å²) >= 11 is 0. The zero-order valence-corrected chi connectivity index (χ0v) is 14.7. The molecule has 1 aliphatic heterocycles. The Labute approximate surface area is 149 Å². The first-order valence-electron chi connectivity index (χ1n) is 9.66. The van der Waals surface area contributed by atoms with Gasteiger partial charge in [-0.2, -0.15) is 0 Å². The van der Waals surface area contributed by atoms with Crippen LogP contribution in [0.2, 0.25) is 0 Å². The first-order chi connectivity index (χ1) is 12.1. The van der Waals surface area contributed by atoms with E-state index < -0.39 is 0 Å². The van der Waals surface area contributed by atoms with Crippen molar-refractivity contribution >= 4 is 11.6 Å². The van der Waals surface area contributed by atoms with Crippen molar-refractivity contribution < 1.29 is 9.18 Å². The van der Waals surface area contributed by atoms with Crippen LogP contribution in [0.5, 0.6) is 0 Å². The second-order valence-electron chi connectivity index (χ2n) is 7.99. The Balaban J connectivity index is 1.34. The van der Waals surface area contributed by atoms with Crippen molar-refractivity contribution in [3.8, 4) is 0 Å². The molecule has 2 aliphatic carbocycles. The van der Waals surface area contributed by atoms with E-state index in [1.54, 1.807) is 0 Å². The fourth-order valence-corrected chi connectivity index (χ4v) is 5.09. The van der Waals surface area contributed by atoms with E-state index in [2.05, 4.69) is 4.90 Å². The van der Waals surface area contributed by atoms with E-state index in [1.807, 2.05) is 17.0 Å². The van der Waals surface area contributed by atoms with E-state index >= 15 is 0 Å². The molecule has 25 heavy (non-hydrogen) atoms. The predicted molar refractivity (Wildman–Crippen MR) is 96.7 cm³/mol. The molecule has 0 radical (unpaired) electrons. The summed E-state index contributed by atoms with van der Waals surface area (Å²) in [6, 6.07) is 6.94. The number of piperazine rings is 1. The number of carbonyl (C=O) groups is 1. The highest BCUT2D eigenvalue weighted by molar-refractivity contribution is 5.79. The number of hydrogen-bond donors (Lipinski definition) is 1. The smallest absolute Gasteiger partial charge is 0.225 e. The number of benzene rings is 1. The molecule has 2 saturated carbocycles. The van der Waals surface area contributed by atoms with E-state index in [4.69, 9.17) is 5.73 Å². The van der Waals surface area contributed by atoms with Crippen molar-refractivity contribution in [3.05, 3.63) is 30.1 Å². The van der Waals surface area contributed by atoms with Crippen molar-refractivity contribution in [2.75, 3.05) is 31.1 Å². The molecule has 1 aromatic rings. The lowest BCUT2D eigenvalue weighted by Gasteiger charge is -2.45. The lowest BCUT2D eigenvalue weighted by atomic mass is 9.65. The molecule has 3 fully saturated rings. The van der Waals surface area contributed by atoms with Gasteiger partial charge in [0.25, 0.3) is 0 Å². The molecule has 2 bridgehead atoms. The number of rotatable bonds is 2. The van der Waals surface area contributed by atoms with Gasteiger partial charge >= 0.3 is 0 Å². The highest BCUT2D eigenvalue weighted by Gasteiger charge is 2.41. The zero-order valence-electron chi connectivity index (χ0n) is 14.7. The molecule has 0 spiro atoms. The van der Waals surface area contributed by atoms with Gasteiger partial charge in [-0.1, -0.05) is 6.42 Å². The van der Waals surface area contributed by atoms with Crippen LogP contribution in [-0.4, -0.2) is 43.0 Å². The average Bonchev–Trinajstić information content (AvgIpc) is 2.62. The maximum Gasteiger partial charge on any atom is 0.225 e. The number of nitrogens with zero attached hydrogens (tertiary/aromatic N) is 2. The summed E-state index contributed by atoms with van der Waals surface area (Å²) in [4.78, 5) is 17.3. The summed E-state index contributed by atoms with van der Waals surface area (Å²) in [5.41, 5.74) is 7.39. The first kappa shape index (κ1) is 16.8. The molecule has 136 valence electrons. The van der Waals surface area contributed by atoms with E-state index in [9.17, 15) is 9.18 Å². The van der Waals surface area contributed by atoms with Gasteiger partial charge in [-0.3, -0.25) is 4.79 Å². The minimum absolute atomic E-state index is 0.174. The maximum absolute atomic E-state index is 13.1. The fourth-order valence-electron chi connectivity index (χ4n) is 5.09. The molecule has 2 unspecified atom stereocenters. The summed E-state index contributed by atoms with van der Waals surface area (Å²) in [5, 5.41) is 0. The Kier molecular flexibility index (Phi) is 4.67. The highest BCUT2D eigenvalue weighted by Crippen LogP contribution is 2.42. The van der Waals surface area contributed by atoms with Gasteiger partial charge in [0, 0.05) is 43.8 Å². The van der Waals surface area contributed by atoms with Gasteiger partial charge in [0.1, 0.15) is 5.82 Å². The topological polar surface area (TPSA) is 49.6 Å². The van der Waals surface area contributed by atoms with E-state index in [-0.39, 0.29) is 11.7 Å². The standard InChI is InChI=1S/C20H28FN3O/c21-17-4-6-18(7-5-17)23-8-10-24(11-9-23)20(25)16-12-14-2-1-3-15(13-16)19(14)22/h4-7,14-16,19H,1-3,8-13,22H2. The summed E-state index contributed by atoms with van der Waals surface area (Å²) in [6.45, 7) is 3.15. The largest absolute Gasteiger partial charge is 0.368 e. The fraction of sp³-hybridized carbons (Fsp3) is 0.650. The van der Waals surface area contributed by atoms with Crippen LogP contribution in [0.1, 0.15) is 32.1 Å². The van der Waals surface area contributed by atoms with Crippen LogP contribution >= 0.6 is 0 Å². The van der Waals surface area contributed by atoms with Crippen molar-refractivity contribution in [1.29, 1.82) is 0 Å². The third-order valence-corrected chi connectivity index (χ3v) is 6.55. The summed E-state index contributed by atoms with van der Waals surface area (Å²) in [5.74, 6) is 1.39. The second-order valence-corrected chi connectivity index (χ2v) is 7.99. The second kappa shape index (κ2) is 6.94. The first-order valence-corrected chi connectivity index (χ1v) is 9.66. The average molecular weight is 345 g/mol. The van der Waals surface area contributed by atoms with Gasteiger partial charge in [0.2, 0.25) is 5.91 Å². The monoisotopic (exact) mass is 345 g/mol. The zero-order chi connectivity index (χ0) is 17.4. The maximum atomic E-state index is 13.1. The van der Waals surface area contributed by atoms with E-state index in [0.717, 1.165) is 44.7 Å². The molecule has 2 atom stereocenters. The highest BCUT2D eigenvalue weighted by atomic mass is 19.1. The van der Waals surface area contributed by atoms with Crippen molar-refractivity contribution in [1.82, 2.24) is 4.90 Å². The Morgan fingerprint density at radius 3 is 2.20 bits per heavy atom. The molecule has 1 heterocycles. The molecule has 0 aromatic heterocycles. The van der Waals surface area contributed by atoms with Crippen molar-refractivity contribution in [3.63, 3.8) is 0 Å². The third kappa shape index (κ3) is 3.39. The molecule has 1 saturated heterocycles. The number of anilines is 1. The SMILES string of the molecule is NC1C2CCCC1CC(C(=O)N1CCN(c3ccc(F)cc3)CC1)C2. The molecule has 4 rings (SSSR count). The molecule has 2 N–H and O–H groups in total. The van der Waals surface area contributed by atoms with Crippen LogP contribution in [0.3, 0.4) is 0 Å². The minimum Gasteiger partial charge on any atom is -0.368 e. The minimum atomic E-state index is -0.210. The van der Waals surface area contributed by atoms with Gasteiger partial charge in [0.15, 0.2) is 0 Å². The molecular weight excluding hydrogens is 317 g/mol. The predicted octanol–water partition coefficient (Wildman–Crippen LogP) is 2.63. The Hall–Kier alpha value is -1.62. The van der Waals surface area contributed by atoms with Gasteiger partial charge in [-0.05, 0) is 61.8 Å². The number of nitrogens with two attached hydrogens (primary N) is 1. The summed E-state index contributed by atoms with van der Waals surface area (Å²) < 4.78 is 13.1. The van der Waals surface area contributed by atoms with Gasteiger partial charge < -0.3 is 15.5 Å². The van der Waals surface area contributed by atoms with Gasteiger partial charge in [0.05, 0.1) is 0 Å². The lowest BCUT2D eigenvalue weighted by Crippen LogP contribution is -2.53. The van der Waals surface area contributed by atoms with Gasteiger partial charge in [-0.15, -0.1) is 0 Å². The quantitative estimate of drug-likeness (QED) is 0.896. The van der Waals surface area contributed by atoms with Crippen LogP contribution in [0.4, 0.5) is 10.1 Å². The Morgan fingerprint density at radius 2 is 1.60 bits per heavy atom. The van der Waals surface area contributed by atoms with Crippen molar-refractivity contribution in [2.24, 2.45) is 23.5 Å². The molecule has 1 aromatic carbocycles. The molecule has 1 amide bonds. The number of halogens is 1. The van der Waals surface area contributed by atoms with Crippen LogP contribution in [0.25, 0.3) is 0 Å². The summed E-state index contributed by atoms with van der Waals surface area (Å²) in [6.07, 6.45) is 5.63. The number of amides is 1. The Morgan fingerprint density at radius 1 is 1.00 bits per heavy atom. The van der Waals surface area contributed by atoms with Crippen LogP contribution in [0.15, 0.2) is 24.3 Å². The van der Waals surface area contributed by atoms with Crippen molar-refractivity contribution in [2.45, 2.75) is 38.1 Å². The molecule has 5 heteroatoms. The van der Waals surface area contributed by atoms with Crippen LogP contribution < -0.4 is 10.6 Å². The van der Waals surface area contributed by atoms with Crippen LogP contribution in [-0.2, 0) is 4.79 Å². The molecular formula is C20H28FN3O. The number of fused-ring (bicyclic) bond motifs is 2. The van der Waals surface area contributed by atoms with E-state index in [0.29, 0.717) is 23.8 Å². The Bertz CT molecular complexity index is 598. The normalized spacial score (nSPS) is 32.6. The van der Waals surface area contributed by atoms with Crippen LogP contribution in [0, 0.1) is 23.6 Å². The molecule has 4 nitrogen and oxygen atoms in total. The number of hydrogen-bond acceptors (Lipinski definition) is 3. The van der Waals surface area contributed by atoms with E-state index in [1.165, 1.54) is 31.4 Å². The summed E-state index contributed by atoms with van der Waals surface area (Å²) in [7, 11) is 0. The van der Waals surface area contributed by atoms with Gasteiger partial charge in [-0.25, -0.2) is 4.39 Å². The lowest BCUT2D eigenvalue weighted by molar-refractivity contribution is -0.138. The third-order valence-electron chi connectivity index (χ3n) is 6.55.